The predicted octanol–water partition coefficient (Wildman–Crippen LogP) is 5.53. The average molecular weight is 228 g/mol. The molecule has 0 spiro atoms. The third-order valence-corrected chi connectivity index (χ3v) is 2.51. The van der Waals surface area contributed by atoms with E-state index in [1.165, 1.54) is 16.7 Å². The summed E-state index contributed by atoms with van der Waals surface area (Å²) in [5.41, 5.74) is 5.91. The molecule has 17 heavy (non-hydrogen) atoms. The van der Waals surface area contributed by atoms with Crippen molar-refractivity contribution in [1.29, 1.82) is 0 Å². The Labute approximate surface area is 106 Å². The van der Waals surface area contributed by atoms with Gasteiger partial charge in [-0.2, -0.15) is 0 Å². The zero-order valence-corrected chi connectivity index (χ0v) is 11.8. The van der Waals surface area contributed by atoms with Gasteiger partial charge in [0.1, 0.15) is 0 Å². The molecule has 0 aromatic heterocycles. The van der Waals surface area contributed by atoms with Crippen LogP contribution >= 0.6 is 0 Å². The van der Waals surface area contributed by atoms with E-state index in [9.17, 15) is 0 Å². The number of rotatable bonds is 5. The first-order valence-corrected chi connectivity index (χ1v) is 5.87. The molecule has 0 heteroatoms. The second-order valence-corrected chi connectivity index (χ2v) is 4.61. The lowest BCUT2D eigenvalue weighted by molar-refractivity contribution is 1.29. The van der Waals surface area contributed by atoms with Gasteiger partial charge < -0.3 is 0 Å². The van der Waals surface area contributed by atoms with Gasteiger partial charge in [-0.1, -0.05) is 60.3 Å². The Hall–Kier alpha value is -1.56. The highest BCUT2D eigenvalue weighted by Crippen LogP contribution is 2.13. The third kappa shape index (κ3) is 6.57. The molecule has 0 nitrogen and oxygen atoms in total. The molecule has 0 radical (unpaired) electrons. The van der Waals surface area contributed by atoms with Crippen molar-refractivity contribution in [3.05, 3.63) is 71.4 Å². The normalized spacial score (nSPS) is 11.2. The van der Waals surface area contributed by atoms with Crippen molar-refractivity contribution in [2.24, 2.45) is 0 Å². The van der Waals surface area contributed by atoms with Gasteiger partial charge in [-0.05, 0) is 45.8 Å². The van der Waals surface area contributed by atoms with Crippen LogP contribution in [0.15, 0.2) is 71.4 Å². The second kappa shape index (κ2) is 7.67. The topological polar surface area (TPSA) is 0 Å². The number of hydrogen-bond acceptors (Lipinski definition) is 0. The highest BCUT2D eigenvalue weighted by atomic mass is 14.0. The highest BCUT2D eigenvalue weighted by molar-refractivity contribution is 5.47. The van der Waals surface area contributed by atoms with Crippen LogP contribution in [-0.4, -0.2) is 0 Å². The van der Waals surface area contributed by atoms with Crippen molar-refractivity contribution < 1.29 is 0 Å². The van der Waals surface area contributed by atoms with E-state index in [1.54, 1.807) is 0 Å². The van der Waals surface area contributed by atoms with E-state index in [4.69, 9.17) is 0 Å². The minimum Gasteiger partial charge on any atom is -0.0984 e. The van der Waals surface area contributed by atoms with E-state index >= 15 is 0 Å². The summed E-state index contributed by atoms with van der Waals surface area (Å²) in [6, 6.07) is 0. The molecule has 0 atom stereocenters. The summed E-state index contributed by atoms with van der Waals surface area (Å²) >= 11 is 0. The Morgan fingerprint density at radius 2 is 1.47 bits per heavy atom. The molecule has 0 aliphatic heterocycles. The summed E-state index contributed by atoms with van der Waals surface area (Å²) < 4.78 is 0. The van der Waals surface area contributed by atoms with Gasteiger partial charge in [0.15, 0.2) is 0 Å². The zero-order chi connectivity index (χ0) is 13.4. The van der Waals surface area contributed by atoms with Gasteiger partial charge in [0.25, 0.3) is 0 Å². The molecule has 0 aromatic carbocycles. The van der Waals surface area contributed by atoms with Crippen molar-refractivity contribution in [3.8, 4) is 0 Å². The number of allylic oxidation sites excluding steroid dienone is 10. The van der Waals surface area contributed by atoms with Crippen LogP contribution in [-0.2, 0) is 0 Å². The minimum atomic E-state index is 0.984. The lowest BCUT2D eigenvalue weighted by Crippen LogP contribution is -1.81. The molecule has 0 aliphatic carbocycles. The minimum absolute atomic E-state index is 0.984. The summed E-state index contributed by atoms with van der Waals surface area (Å²) in [5.74, 6) is 0. The van der Waals surface area contributed by atoms with Crippen molar-refractivity contribution in [2.75, 3.05) is 0 Å². The lowest BCUT2D eigenvalue weighted by atomic mass is 10.0. The fourth-order valence-corrected chi connectivity index (χ4v) is 1.05. The Bertz CT molecular complexity index is 401. The van der Waals surface area contributed by atoms with Crippen LogP contribution in [0.1, 0.15) is 34.6 Å². The first kappa shape index (κ1) is 15.4. The molecule has 92 valence electrons. The largest absolute Gasteiger partial charge is 0.0984 e. The van der Waals surface area contributed by atoms with Crippen LogP contribution in [0.3, 0.4) is 0 Å². The molecule has 0 heterocycles. The fraction of sp³-hybridized carbons (Fsp3) is 0.294. The van der Waals surface area contributed by atoms with E-state index in [0.717, 1.165) is 11.1 Å². The SMILES string of the molecule is C=C/C(=C\C=C(C)C)C(=C)/C=C\C(C)=C(C)C. The second-order valence-electron chi connectivity index (χ2n) is 4.61. The van der Waals surface area contributed by atoms with E-state index in [1.807, 2.05) is 18.2 Å². The molecular formula is C17H24. The lowest BCUT2D eigenvalue weighted by Gasteiger charge is -2.01. The van der Waals surface area contributed by atoms with Gasteiger partial charge in [-0.3, -0.25) is 0 Å². The third-order valence-electron chi connectivity index (χ3n) is 2.51. The van der Waals surface area contributed by atoms with Crippen molar-refractivity contribution in [3.63, 3.8) is 0 Å². The molecule has 0 rings (SSSR count). The van der Waals surface area contributed by atoms with E-state index in [-0.39, 0.29) is 0 Å². The molecule has 0 aromatic rings. The Balaban J connectivity index is 4.93. The van der Waals surface area contributed by atoms with Crippen molar-refractivity contribution in [2.45, 2.75) is 34.6 Å². The molecule has 0 N–H and O–H groups in total. The highest BCUT2D eigenvalue weighted by Gasteiger charge is 1.93. The maximum absolute atomic E-state index is 4.06. The average Bonchev–Trinajstić information content (AvgIpc) is 2.25. The van der Waals surface area contributed by atoms with Crippen LogP contribution in [0.5, 0.6) is 0 Å². The van der Waals surface area contributed by atoms with Crippen LogP contribution < -0.4 is 0 Å². The molecule has 0 unspecified atom stereocenters. The van der Waals surface area contributed by atoms with Gasteiger partial charge in [0.2, 0.25) is 0 Å². The fourth-order valence-electron chi connectivity index (χ4n) is 1.05. The van der Waals surface area contributed by atoms with E-state index < -0.39 is 0 Å². The summed E-state index contributed by atoms with van der Waals surface area (Å²) in [4.78, 5) is 0. The van der Waals surface area contributed by atoms with Gasteiger partial charge in [0.05, 0.1) is 0 Å². The van der Waals surface area contributed by atoms with Gasteiger partial charge in [-0.15, -0.1) is 0 Å². The molecular weight excluding hydrogens is 204 g/mol. The molecule has 0 fully saturated rings. The zero-order valence-electron chi connectivity index (χ0n) is 11.8. The molecule has 0 aliphatic rings. The van der Waals surface area contributed by atoms with Crippen LogP contribution in [0.4, 0.5) is 0 Å². The van der Waals surface area contributed by atoms with Gasteiger partial charge >= 0.3 is 0 Å². The van der Waals surface area contributed by atoms with E-state index in [0.29, 0.717) is 0 Å². The van der Waals surface area contributed by atoms with Crippen LogP contribution in [0, 0.1) is 0 Å². The standard InChI is InChI=1S/C17H24/c1-8-17(12-9-13(2)3)16(7)11-10-15(6)14(4)5/h8-12H,1,7H2,2-6H3/b11-10-,17-12+. The van der Waals surface area contributed by atoms with E-state index in [2.05, 4.69) is 59.9 Å². The Morgan fingerprint density at radius 3 is 1.88 bits per heavy atom. The Kier molecular flexibility index (Phi) is 6.97. The predicted molar refractivity (Wildman–Crippen MR) is 80.0 cm³/mol. The van der Waals surface area contributed by atoms with Crippen LogP contribution in [0.25, 0.3) is 0 Å². The van der Waals surface area contributed by atoms with Crippen LogP contribution in [0.2, 0.25) is 0 Å². The monoisotopic (exact) mass is 228 g/mol. The quantitative estimate of drug-likeness (QED) is 0.542. The molecule has 0 saturated carbocycles. The molecule has 0 amide bonds. The van der Waals surface area contributed by atoms with Gasteiger partial charge in [0, 0.05) is 0 Å². The first-order valence-electron chi connectivity index (χ1n) is 5.87. The number of hydrogen-bond donors (Lipinski definition) is 0. The smallest absolute Gasteiger partial charge is 0.0196 e. The maximum atomic E-state index is 4.06. The van der Waals surface area contributed by atoms with Gasteiger partial charge in [-0.25, -0.2) is 0 Å². The maximum Gasteiger partial charge on any atom is -0.0196 e. The Morgan fingerprint density at radius 1 is 0.882 bits per heavy atom. The summed E-state index contributed by atoms with van der Waals surface area (Å²) in [6.07, 6.45) is 10.1. The molecule has 0 bridgehead atoms. The summed E-state index contributed by atoms with van der Waals surface area (Å²) in [5, 5.41) is 0. The molecule has 0 saturated heterocycles. The van der Waals surface area contributed by atoms with Crippen molar-refractivity contribution in [1.82, 2.24) is 0 Å². The summed E-state index contributed by atoms with van der Waals surface area (Å²) in [6.45, 7) is 18.3. The first-order chi connectivity index (χ1) is 7.88. The summed E-state index contributed by atoms with van der Waals surface area (Å²) in [7, 11) is 0. The van der Waals surface area contributed by atoms with Crippen molar-refractivity contribution >= 4 is 0 Å².